The smallest absolute Gasteiger partial charge is 0.249 e. The number of carbonyl (C=O) groups excluding carboxylic acids is 1. The van der Waals surface area contributed by atoms with Gasteiger partial charge in [-0.05, 0) is 44.0 Å². The SMILES string of the molecule is Cc1ccc2ncnc(NC3CCCN(c4cccnc4)C3=O)c2c1. The number of hydrogen-bond acceptors (Lipinski definition) is 5. The zero-order chi connectivity index (χ0) is 17.2. The molecule has 0 radical (unpaired) electrons. The quantitative estimate of drug-likeness (QED) is 0.798. The Morgan fingerprint density at radius 1 is 1.24 bits per heavy atom. The largest absolute Gasteiger partial charge is 0.358 e. The van der Waals surface area contributed by atoms with E-state index in [4.69, 9.17) is 0 Å². The van der Waals surface area contributed by atoms with Crippen LogP contribution in [-0.4, -0.2) is 33.4 Å². The first-order valence-electron chi connectivity index (χ1n) is 8.42. The Bertz CT molecular complexity index is 912. The Balaban J connectivity index is 1.62. The second-order valence-corrected chi connectivity index (χ2v) is 6.28. The van der Waals surface area contributed by atoms with Gasteiger partial charge in [-0.2, -0.15) is 0 Å². The maximum absolute atomic E-state index is 12.9. The summed E-state index contributed by atoms with van der Waals surface area (Å²) in [5.41, 5.74) is 2.84. The highest BCUT2D eigenvalue weighted by Crippen LogP contribution is 2.25. The van der Waals surface area contributed by atoms with Gasteiger partial charge in [0.05, 0.1) is 17.4 Å². The summed E-state index contributed by atoms with van der Waals surface area (Å²) in [6, 6.07) is 9.51. The van der Waals surface area contributed by atoms with E-state index < -0.39 is 0 Å². The lowest BCUT2D eigenvalue weighted by Crippen LogP contribution is -2.48. The van der Waals surface area contributed by atoms with Crippen LogP contribution in [0.4, 0.5) is 11.5 Å². The van der Waals surface area contributed by atoms with Crippen molar-refractivity contribution in [1.82, 2.24) is 15.0 Å². The van der Waals surface area contributed by atoms with E-state index >= 15 is 0 Å². The molecule has 1 N–H and O–H groups in total. The number of rotatable bonds is 3. The molecule has 1 fully saturated rings. The van der Waals surface area contributed by atoms with Crippen molar-refractivity contribution in [1.29, 1.82) is 0 Å². The van der Waals surface area contributed by atoms with E-state index in [2.05, 4.69) is 20.3 Å². The van der Waals surface area contributed by atoms with Crippen molar-refractivity contribution in [2.45, 2.75) is 25.8 Å². The molecule has 126 valence electrons. The third-order valence-electron chi connectivity index (χ3n) is 4.50. The molecule has 0 bridgehead atoms. The predicted octanol–water partition coefficient (Wildman–Crippen LogP) is 2.94. The van der Waals surface area contributed by atoms with Crippen LogP contribution in [0.3, 0.4) is 0 Å². The van der Waals surface area contributed by atoms with E-state index in [1.165, 1.54) is 6.33 Å². The van der Waals surface area contributed by atoms with Crippen LogP contribution in [0.25, 0.3) is 10.9 Å². The summed E-state index contributed by atoms with van der Waals surface area (Å²) in [7, 11) is 0. The average molecular weight is 333 g/mol. The van der Waals surface area contributed by atoms with Gasteiger partial charge in [0.2, 0.25) is 5.91 Å². The summed E-state index contributed by atoms with van der Waals surface area (Å²) >= 11 is 0. The average Bonchev–Trinajstić information content (AvgIpc) is 2.64. The molecule has 0 aliphatic carbocycles. The Morgan fingerprint density at radius 3 is 3.00 bits per heavy atom. The minimum Gasteiger partial charge on any atom is -0.358 e. The second-order valence-electron chi connectivity index (χ2n) is 6.28. The van der Waals surface area contributed by atoms with E-state index in [1.807, 2.05) is 37.3 Å². The number of nitrogens with zero attached hydrogens (tertiary/aromatic N) is 4. The highest BCUT2D eigenvalue weighted by molar-refractivity contribution is 6.00. The van der Waals surface area contributed by atoms with Crippen LogP contribution in [-0.2, 0) is 4.79 Å². The monoisotopic (exact) mass is 333 g/mol. The highest BCUT2D eigenvalue weighted by atomic mass is 16.2. The fourth-order valence-corrected chi connectivity index (χ4v) is 3.23. The molecule has 4 rings (SSSR count). The molecule has 1 amide bonds. The number of amides is 1. The lowest BCUT2D eigenvalue weighted by Gasteiger charge is -2.32. The zero-order valence-corrected chi connectivity index (χ0v) is 14.0. The van der Waals surface area contributed by atoms with Crippen molar-refractivity contribution in [3.63, 3.8) is 0 Å². The van der Waals surface area contributed by atoms with E-state index in [0.29, 0.717) is 12.4 Å². The van der Waals surface area contributed by atoms with Crippen LogP contribution in [0.2, 0.25) is 0 Å². The van der Waals surface area contributed by atoms with Crippen LogP contribution in [0.1, 0.15) is 18.4 Å². The number of hydrogen-bond donors (Lipinski definition) is 1. The number of pyridine rings is 1. The van der Waals surface area contributed by atoms with Gasteiger partial charge in [0.15, 0.2) is 0 Å². The van der Waals surface area contributed by atoms with Crippen LogP contribution >= 0.6 is 0 Å². The summed E-state index contributed by atoms with van der Waals surface area (Å²) in [5, 5.41) is 4.28. The van der Waals surface area contributed by atoms with Gasteiger partial charge in [-0.3, -0.25) is 9.78 Å². The molecule has 1 aromatic carbocycles. The first-order valence-corrected chi connectivity index (χ1v) is 8.42. The molecule has 1 unspecified atom stereocenters. The Morgan fingerprint density at radius 2 is 2.16 bits per heavy atom. The Hall–Kier alpha value is -3.02. The van der Waals surface area contributed by atoms with E-state index in [1.54, 1.807) is 17.3 Å². The number of anilines is 2. The van der Waals surface area contributed by atoms with Gasteiger partial charge in [-0.25, -0.2) is 9.97 Å². The third kappa shape index (κ3) is 3.03. The summed E-state index contributed by atoms with van der Waals surface area (Å²) < 4.78 is 0. The van der Waals surface area contributed by atoms with Gasteiger partial charge in [0.25, 0.3) is 0 Å². The van der Waals surface area contributed by atoms with Gasteiger partial charge in [0, 0.05) is 18.1 Å². The molecule has 1 saturated heterocycles. The van der Waals surface area contributed by atoms with E-state index in [9.17, 15) is 4.79 Å². The van der Waals surface area contributed by atoms with Crippen LogP contribution in [0.5, 0.6) is 0 Å². The van der Waals surface area contributed by atoms with E-state index in [-0.39, 0.29) is 11.9 Å². The topological polar surface area (TPSA) is 71.0 Å². The number of aromatic nitrogens is 3. The highest BCUT2D eigenvalue weighted by Gasteiger charge is 2.30. The molecule has 1 aliphatic rings. The summed E-state index contributed by atoms with van der Waals surface area (Å²) in [5.74, 6) is 0.763. The van der Waals surface area contributed by atoms with Crippen LogP contribution < -0.4 is 10.2 Å². The maximum atomic E-state index is 12.9. The Labute approximate surface area is 145 Å². The second kappa shape index (κ2) is 6.47. The molecule has 1 atom stereocenters. The number of nitrogens with one attached hydrogen (secondary N) is 1. The lowest BCUT2D eigenvalue weighted by atomic mass is 10.0. The molecule has 3 heterocycles. The standard InChI is InChI=1S/C19H19N5O/c1-13-6-7-16-15(10-13)18(22-12-21-16)23-17-5-3-9-24(19(17)25)14-4-2-8-20-11-14/h2,4,6-8,10-12,17H,3,5,9H2,1H3,(H,21,22,23). The minimum absolute atomic E-state index is 0.0543. The van der Waals surface area contributed by atoms with Crippen molar-refractivity contribution < 1.29 is 4.79 Å². The molecule has 6 heteroatoms. The zero-order valence-electron chi connectivity index (χ0n) is 14.0. The molecule has 1 aliphatic heterocycles. The predicted molar refractivity (Wildman–Crippen MR) is 97.5 cm³/mol. The van der Waals surface area contributed by atoms with Crippen molar-refractivity contribution in [2.24, 2.45) is 0 Å². The normalized spacial score (nSPS) is 17.7. The molecular formula is C19H19N5O. The lowest BCUT2D eigenvalue weighted by molar-refractivity contribution is -0.120. The first kappa shape index (κ1) is 15.5. The first-order chi connectivity index (χ1) is 12.2. The summed E-state index contributed by atoms with van der Waals surface area (Å²) in [6.07, 6.45) is 6.69. The van der Waals surface area contributed by atoms with Gasteiger partial charge in [0.1, 0.15) is 18.2 Å². The number of carbonyl (C=O) groups is 1. The Kier molecular flexibility index (Phi) is 4.01. The van der Waals surface area contributed by atoms with Gasteiger partial charge in [-0.15, -0.1) is 0 Å². The molecule has 0 saturated carbocycles. The minimum atomic E-state index is -0.299. The molecule has 3 aromatic rings. The summed E-state index contributed by atoms with van der Waals surface area (Å²) in [6.45, 7) is 2.75. The van der Waals surface area contributed by atoms with Crippen LogP contribution in [0.15, 0.2) is 49.1 Å². The van der Waals surface area contributed by atoms with Gasteiger partial charge >= 0.3 is 0 Å². The number of fused-ring (bicyclic) bond motifs is 1. The van der Waals surface area contributed by atoms with Crippen LogP contribution in [0, 0.1) is 6.92 Å². The fourth-order valence-electron chi connectivity index (χ4n) is 3.23. The third-order valence-corrected chi connectivity index (χ3v) is 4.50. The van der Waals surface area contributed by atoms with Crippen molar-refractivity contribution in [3.8, 4) is 0 Å². The number of piperidine rings is 1. The van der Waals surface area contributed by atoms with Crippen molar-refractivity contribution >= 4 is 28.3 Å². The van der Waals surface area contributed by atoms with Gasteiger partial charge in [-0.1, -0.05) is 11.6 Å². The summed E-state index contributed by atoms with van der Waals surface area (Å²) in [4.78, 5) is 27.5. The molecule has 2 aromatic heterocycles. The molecule has 6 nitrogen and oxygen atoms in total. The molecular weight excluding hydrogens is 314 g/mol. The van der Waals surface area contributed by atoms with E-state index in [0.717, 1.165) is 35.0 Å². The van der Waals surface area contributed by atoms with Crippen molar-refractivity contribution in [2.75, 3.05) is 16.8 Å². The van der Waals surface area contributed by atoms with Gasteiger partial charge < -0.3 is 10.2 Å². The number of benzene rings is 1. The molecule has 0 spiro atoms. The fraction of sp³-hybridized carbons (Fsp3) is 0.263. The molecule has 25 heavy (non-hydrogen) atoms. The maximum Gasteiger partial charge on any atom is 0.249 e. The van der Waals surface area contributed by atoms with Crippen molar-refractivity contribution in [3.05, 3.63) is 54.6 Å². The number of aryl methyl sites for hydroxylation is 1.